The molecule has 108 valence electrons. The van der Waals surface area contributed by atoms with Crippen molar-refractivity contribution in [1.29, 1.82) is 0 Å². The van der Waals surface area contributed by atoms with Crippen molar-refractivity contribution in [2.75, 3.05) is 26.7 Å². The summed E-state index contributed by atoms with van der Waals surface area (Å²) < 4.78 is 0. The first-order valence-electron chi connectivity index (χ1n) is 7.29. The molecule has 1 aromatic heterocycles. The van der Waals surface area contributed by atoms with Crippen LogP contribution < -0.4 is 5.32 Å². The van der Waals surface area contributed by atoms with E-state index in [1.165, 1.54) is 23.8 Å². The van der Waals surface area contributed by atoms with Crippen molar-refractivity contribution in [1.82, 2.24) is 15.2 Å². The molecule has 0 unspecified atom stereocenters. The highest BCUT2D eigenvalue weighted by molar-refractivity contribution is 7.09. The minimum atomic E-state index is 0.0971. The van der Waals surface area contributed by atoms with Crippen LogP contribution in [0.15, 0.2) is 5.38 Å². The number of nitrogens with one attached hydrogen (secondary N) is 1. The van der Waals surface area contributed by atoms with E-state index in [1.807, 2.05) is 11.3 Å². The SMILES string of the molecule is CCN1CCC(NC)(c2nc(C(C)(C)C)cs2)CC1. The van der Waals surface area contributed by atoms with Crippen LogP contribution in [0.1, 0.15) is 51.2 Å². The van der Waals surface area contributed by atoms with Crippen molar-refractivity contribution in [2.24, 2.45) is 0 Å². The molecule has 1 aliphatic rings. The average molecular weight is 281 g/mol. The second-order valence-electron chi connectivity index (χ2n) is 6.55. The van der Waals surface area contributed by atoms with Crippen LogP contribution in [0, 0.1) is 0 Å². The molecule has 0 amide bonds. The molecule has 1 aromatic rings. The van der Waals surface area contributed by atoms with Gasteiger partial charge in [0.25, 0.3) is 0 Å². The fraction of sp³-hybridized carbons (Fsp3) is 0.800. The summed E-state index contributed by atoms with van der Waals surface area (Å²) in [6.45, 7) is 12.4. The van der Waals surface area contributed by atoms with E-state index in [1.54, 1.807) is 0 Å². The second kappa shape index (κ2) is 5.51. The summed E-state index contributed by atoms with van der Waals surface area (Å²) in [5.74, 6) is 0. The molecular formula is C15H27N3S. The van der Waals surface area contributed by atoms with Crippen molar-refractivity contribution < 1.29 is 0 Å². The van der Waals surface area contributed by atoms with Crippen LogP contribution in [0.3, 0.4) is 0 Å². The predicted molar refractivity (Wildman–Crippen MR) is 82.9 cm³/mol. The highest BCUT2D eigenvalue weighted by Gasteiger charge is 2.37. The van der Waals surface area contributed by atoms with E-state index in [4.69, 9.17) is 4.98 Å². The van der Waals surface area contributed by atoms with Gasteiger partial charge in [0.05, 0.1) is 11.2 Å². The van der Waals surface area contributed by atoms with E-state index in [0.29, 0.717) is 0 Å². The predicted octanol–water partition coefficient (Wildman–Crippen LogP) is 2.97. The Hall–Kier alpha value is -0.450. The minimum absolute atomic E-state index is 0.0971. The van der Waals surface area contributed by atoms with E-state index in [9.17, 15) is 0 Å². The van der Waals surface area contributed by atoms with Crippen LogP contribution in [-0.2, 0) is 11.0 Å². The summed E-state index contributed by atoms with van der Waals surface area (Å²) in [4.78, 5) is 7.46. The van der Waals surface area contributed by atoms with Crippen molar-refractivity contribution in [3.8, 4) is 0 Å². The molecule has 0 aliphatic carbocycles. The van der Waals surface area contributed by atoms with Crippen LogP contribution >= 0.6 is 11.3 Å². The van der Waals surface area contributed by atoms with Crippen molar-refractivity contribution in [2.45, 2.75) is 51.5 Å². The van der Waals surface area contributed by atoms with Crippen molar-refractivity contribution in [3.05, 3.63) is 16.1 Å². The largest absolute Gasteiger partial charge is 0.308 e. The second-order valence-corrected chi connectivity index (χ2v) is 7.41. The molecule has 0 saturated carbocycles. The zero-order valence-corrected chi connectivity index (χ0v) is 13.7. The number of likely N-dealkylation sites (tertiary alicyclic amines) is 1. The normalized spacial score (nSPS) is 20.7. The third-order valence-electron chi connectivity index (χ3n) is 4.32. The Morgan fingerprint density at radius 3 is 2.42 bits per heavy atom. The molecule has 2 rings (SSSR count). The summed E-state index contributed by atoms with van der Waals surface area (Å²) >= 11 is 1.82. The molecule has 1 N–H and O–H groups in total. The van der Waals surface area contributed by atoms with E-state index >= 15 is 0 Å². The molecule has 1 aliphatic heterocycles. The van der Waals surface area contributed by atoms with Crippen molar-refractivity contribution >= 4 is 11.3 Å². The minimum Gasteiger partial charge on any atom is -0.308 e. The summed E-state index contributed by atoms with van der Waals surface area (Å²) in [6, 6.07) is 0. The maximum absolute atomic E-state index is 4.94. The topological polar surface area (TPSA) is 28.2 Å². The Morgan fingerprint density at radius 2 is 2.00 bits per heavy atom. The monoisotopic (exact) mass is 281 g/mol. The Labute approximate surface area is 121 Å². The molecular weight excluding hydrogens is 254 g/mol. The van der Waals surface area contributed by atoms with Gasteiger partial charge in [-0.1, -0.05) is 27.7 Å². The van der Waals surface area contributed by atoms with Gasteiger partial charge < -0.3 is 10.2 Å². The quantitative estimate of drug-likeness (QED) is 0.923. The van der Waals surface area contributed by atoms with Gasteiger partial charge >= 0.3 is 0 Å². The van der Waals surface area contributed by atoms with Gasteiger partial charge in [-0.25, -0.2) is 4.98 Å². The van der Waals surface area contributed by atoms with Crippen molar-refractivity contribution in [3.63, 3.8) is 0 Å². The first-order chi connectivity index (χ1) is 8.91. The zero-order chi connectivity index (χ0) is 14.1. The maximum Gasteiger partial charge on any atom is 0.113 e. The van der Waals surface area contributed by atoms with Crippen LogP contribution in [0.5, 0.6) is 0 Å². The van der Waals surface area contributed by atoms with E-state index in [-0.39, 0.29) is 11.0 Å². The molecule has 0 spiro atoms. The third kappa shape index (κ3) is 3.01. The summed E-state index contributed by atoms with van der Waals surface area (Å²) in [7, 11) is 2.08. The summed E-state index contributed by atoms with van der Waals surface area (Å²) in [6.07, 6.45) is 2.32. The molecule has 0 bridgehead atoms. The lowest BCUT2D eigenvalue weighted by Crippen LogP contribution is -2.49. The lowest BCUT2D eigenvalue weighted by molar-refractivity contribution is 0.145. The van der Waals surface area contributed by atoms with Crippen LogP contribution in [0.4, 0.5) is 0 Å². The van der Waals surface area contributed by atoms with Gasteiger partial charge in [-0.15, -0.1) is 11.3 Å². The van der Waals surface area contributed by atoms with Gasteiger partial charge in [-0.2, -0.15) is 0 Å². The average Bonchev–Trinajstić information content (AvgIpc) is 2.89. The third-order valence-corrected chi connectivity index (χ3v) is 5.36. The lowest BCUT2D eigenvalue weighted by Gasteiger charge is -2.40. The zero-order valence-electron chi connectivity index (χ0n) is 12.9. The molecule has 19 heavy (non-hydrogen) atoms. The molecule has 0 radical (unpaired) electrons. The first-order valence-corrected chi connectivity index (χ1v) is 8.17. The van der Waals surface area contributed by atoms with E-state index in [2.05, 4.69) is 50.3 Å². The van der Waals surface area contributed by atoms with Gasteiger partial charge in [0.2, 0.25) is 0 Å². The van der Waals surface area contributed by atoms with Gasteiger partial charge in [-0.3, -0.25) is 0 Å². The smallest absolute Gasteiger partial charge is 0.113 e. The number of rotatable bonds is 3. The molecule has 1 saturated heterocycles. The summed E-state index contributed by atoms with van der Waals surface area (Å²) in [5, 5.41) is 7.07. The molecule has 3 nitrogen and oxygen atoms in total. The highest BCUT2D eigenvalue weighted by Crippen LogP contribution is 2.36. The Morgan fingerprint density at radius 1 is 1.37 bits per heavy atom. The van der Waals surface area contributed by atoms with Gasteiger partial charge in [0, 0.05) is 23.9 Å². The summed E-state index contributed by atoms with van der Waals surface area (Å²) in [5.41, 5.74) is 1.47. The highest BCUT2D eigenvalue weighted by atomic mass is 32.1. The number of nitrogens with zero attached hydrogens (tertiary/aromatic N) is 2. The number of hydrogen-bond donors (Lipinski definition) is 1. The van der Waals surface area contributed by atoms with E-state index in [0.717, 1.165) is 19.4 Å². The van der Waals surface area contributed by atoms with Gasteiger partial charge in [0.1, 0.15) is 5.01 Å². The van der Waals surface area contributed by atoms with Crippen LogP contribution in [0.2, 0.25) is 0 Å². The van der Waals surface area contributed by atoms with Crippen LogP contribution in [-0.4, -0.2) is 36.6 Å². The fourth-order valence-electron chi connectivity index (χ4n) is 2.66. The Kier molecular flexibility index (Phi) is 4.33. The number of aromatic nitrogens is 1. The standard InChI is InChI=1S/C15H27N3S/c1-6-18-9-7-15(16-5,8-10-18)13-17-12(11-19-13)14(2,3)4/h11,16H,6-10H2,1-5H3. The molecule has 0 atom stereocenters. The molecule has 0 aromatic carbocycles. The first kappa shape index (κ1) is 14.9. The Bertz CT molecular complexity index is 411. The molecule has 2 heterocycles. The van der Waals surface area contributed by atoms with E-state index < -0.39 is 0 Å². The fourth-order valence-corrected chi connectivity index (χ4v) is 3.97. The number of hydrogen-bond acceptors (Lipinski definition) is 4. The van der Waals surface area contributed by atoms with Crippen LogP contribution in [0.25, 0.3) is 0 Å². The molecule has 1 fully saturated rings. The number of thiazole rings is 1. The van der Waals surface area contributed by atoms with Gasteiger partial charge in [0.15, 0.2) is 0 Å². The maximum atomic E-state index is 4.94. The Balaban J connectivity index is 2.20. The van der Waals surface area contributed by atoms with Gasteiger partial charge in [-0.05, 0) is 26.4 Å². The molecule has 4 heteroatoms. The number of piperidine rings is 1. The lowest BCUT2D eigenvalue weighted by atomic mass is 9.87.